The largest absolute Gasteiger partial charge is 0.393 e. The summed E-state index contributed by atoms with van der Waals surface area (Å²) in [5.41, 5.74) is 5.60. The number of aromatic nitrogens is 3. The lowest BCUT2D eigenvalue weighted by Gasteiger charge is -2.36. The maximum atomic E-state index is 13.4. The molecule has 1 unspecified atom stereocenters. The van der Waals surface area contributed by atoms with Gasteiger partial charge in [0.1, 0.15) is 6.04 Å². The minimum absolute atomic E-state index is 0.0886. The van der Waals surface area contributed by atoms with Crippen LogP contribution in [0.15, 0.2) is 42.7 Å². The molecule has 1 saturated heterocycles. The molecule has 11 heteroatoms. The van der Waals surface area contributed by atoms with Crippen LogP contribution in [0.25, 0.3) is 11.3 Å². The normalized spacial score (nSPS) is 27.9. The molecule has 4 amide bonds. The number of rotatable bonds is 8. The minimum Gasteiger partial charge on any atom is -0.393 e. The first-order chi connectivity index (χ1) is 21.4. The van der Waals surface area contributed by atoms with Crippen molar-refractivity contribution in [2.75, 3.05) is 11.9 Å². The molecule has 5 aliphatic rings. The van der Waals surface area contributed by atoms with Gasteiger partial charge in [-0.05, 0) is 80.5 Å². The third-order valence-electron chi connectivity index (χ3n) is 10.0. The minimum atomic E-state index is -0.984. The van der Waals surface area contributed by atoms with E-state index < -0.39 is 29.7 Å². The lowest BCUT2D eigenvalue weighted by molar-refractivity contribution is -0.136. The van der Waals surface area contributed by atoms with Gasteiger partial charge in [0.05, 0.1) is 34.7 Å². The van der Waals surface area contributed by atoms with Crippen LogP contribution >= 0.6 is 0 Å². The Morgan fingerprint density at radius 2 is 1.75 bits per heavy atom. The molecule has 3 aliphatic carbocycles. The van der Waals surface area contributed by atoms with E-state index in [9.17, 15) is 24.3 Å². The molecule has 3 N–H and O–H groups in total. The molecular weight excluding hydrogens is 560 g/mol. The number of nitrogens with one attached hydrogen (secondary N) is 2. The summed E-state index contributed by atoms with van der Waals surface area (Å²) in [4.78, 5) is 56.4. The van der Waals surface area contributed by atoms with E-state index in [4.69, 9.17) is 10.1 Å². The predicted molar refractivity (Wildman–Crippen MR) is 159 cm³/mol. The number of piperidine rings is 1. The first kappa shape index (κ1) is 27.2. The molecule has 0 spiro atoms. The van der Waals surface area contributed by atoms with Crippen LogP contribution in [0, 0.1) is 5.92 Å². The number of pyridine rings is 1. The maximum absolute atomic E-state index is 13.4. The second-order valence-electron chi connectivity index (χ2n) is 13.0. The van der Waals surface area contributed by atoms with E-state index in [0.717, 1.165) is 60.4 Å². The first-order valence-corrected chi connectivity index (χ1v) is 15.7. The molecule has 44 heavy (non-hydrogen) atoms. The van der Waals surface area contributed by atoms with Gasteiger partial charge in [-0.2, -0.15) is 5.10 Å². The van der Waals surface area contributed by atoms with Crippen molar-refractivity contribution in [1.29, 1.82) is 0 Å². The summed E-state index contributed by atoms with van der Waals surface area (Å²) in [5, 5.41) is 20.6. The fraction of sp³-hybridized carbons (Fsp3) is 0.455. The van der Waals surface area contributed by atoms with Gasteiger partial charge in [0.2, 0.25) is 11.8 Å². The zero-order chi connectivity index (χ0) is 30.1. The molecule has 3 saturated carbocycles. The fourth-order valence-corrected chi connectivity index (χ4v) is 7.25. The van der Waals surface area contributed by atoms with E-state index in [-0.39, 0.29) is 36.1 Å². The lowest BCUT2D eigenvalue weighted by atomic mass is 9.76. The number of aliphatic hydroxyl groups excluding tert-OH is 1. The number of imide groups is 2. The van der Waals surface area contributed by atoms with Crippen molar-refractivity contribution in [3.63, 3.8) is 0 Å². The Morgan fingerprint density at radius 3 is 2.50 bits per heavy atom. The van der Waals surface area contributed by atoms with E-state index in [2.05, 4.69) is 27.6 Å². The topological polar surface area (TPSA) is 147 Å². The zero-order valence-corrected chi connectivity index (χ0v) is 24.2. The number of anilines is 1. The van der Waals surface area contributed by atoms with Gasteiger partial charge in [-0.15, -0.1) is 0 Å². The van der Waals surface area contributed by atoms with Crippen molar-refractivity contribution >= 4 is 29.3 Å². The van der Waals surface area contributed by atoms with Crippen molar-refractivity contribution < 1.29 is 24.3 Å². The second kappa shape index (κ2) is 10.4. The Morgan fingerprint density at radius 1 is 0.932 bits per heavy atom. The highest BCUT2D eigenvalue weighted by Crippen LogP contribution is 2.48. The van der Waals surface area contributed by atoms with Crippen LogP contribution in [0.2, 0.25) is 0 Å². The molecular formula is C33H34N6O5. The SMILES string of the molecule is O=C1CCC(N2C(=O)c3cccc(NC[C@H]4C[C@H](n5cc(-c6ncccc6[C@H]6C[C@@H](O)C6)c(C6CC6)n5)C4)c3C2=O)C(=O)N1. The summed E-state index contributed by atoms with van der Waals surface area (Å²) in [5.74, 6) is -0.832. The number of carbonyl (C=O) groups excluding carboxylic acids is 4. The third kappa shape index (κ3) is 4.52. The summed E-state index contributed by atoms with van der Waals surface area (Å²) in [6, 6.07) is 8.55. The predicted octanol–water partition coefficient (Wildman–Crippen LogP) is 3.53. The molecule has 2 aromatic heterocycles. The molecule has 8 rings (SSSR count). The average Bonchev–Trinajstić information content (AvgIpc) is 3.68. The van der Waals surface area contributed by atoms with Gasteiger partial charge in [0, 0.05) is 42.5 Å². The molecule has 4 heterocycles. The molecule has 0 bridgehead atoms. The standard InChI is InChI=1S/C33H34N6O5/c40-21-13-19(14-21)22-4-2-10-34-30(22)24-16-38(37-29(24)18-6-7-18)20-11-17(12-20)15-35-25-5-1-3-23-28(25)33(44)39(32(23)43)26-8-9-27(41)36-31(26)42/h1-5,10,16-21,26,35,40H,6-9,11-15H2,(H,36,41,42)/t17-,19-,20-,21+,26?. The molecule has 226 valence electrons. The third-order valence-corrected chi connectivity index (χ3v) is 10.0. The van der Waals surface area contributed by atoms with E-state index in [1.165, 1.54) is 5.56 Å². The number of amides is 4. The Kier molecular flexibility index (Phi) is 6.40. The number of fused-ring (bicyclic) bond motifs is 1. The Labute approximate surface area is 254 Å². The summed E-state index contributed by atoms with van der Waals surface area (Å²) in [7, 11) is 0. The summed E-state index contributed by atoms with van der Waals surface area (Å²) < 4.78 is 2.12. The van der Waals surface area contributed by atoms with Gasteiger partial charge in [0.15, 0.2) is 0 Å². The zero-order valence-electron chi connectivity index (χ0n) is 24.2. The fourth-order valence-electron chi connectivity index (χ4n) is 7.25. The van der Waals surface area contributed by atoms with Crippen LogP contribution in [0.5, 0.6) is 0 Å². The average molecular weight is 595 g/mol. The van der Waals surface area contributed by atoms with Crippen LogP contribution in [-0.2, 0) is 9.59 Å². The molecule has 0 radical (unpaired) electrons. The van der Waals surface area contributed by atoms with Crippen LogP contribution in [0.4, 0.5) is 5.69 Å². The highest BCUT2D eigenvalue weighted by atomic mass is 16.3. The van der Waals surface area contributed by atoms with Crippen LogP contribution in [0.1, 0.15) is 101 Å². The Hall–Kier alpha value is -4.38. The van der Waals surface area contributed by atoms with Crippen molar-refractivity contribution in [2.45, 2.75) is 81.4 Å². The number of nitrogens with zero attached hydrogens (tertiary/aromatic N) is 4. The van der Waals surface area contributed by atoms with Gasteiger partial charge in [-0.3, -0.25) is 39.1 Å². The van der Waals surface area contributed by atoms with Crippen molar-refractivity contribution in [3.05, 3.63) is 65.1 Å². The molecule has 4 fully saturated rings. The molecule has 3 aromatic rings. The summed E-state index contributed by atoms with van der Waals surface area (Å²) in [6.45, 7) is 0.644. The first-order valence-electron chi connectivity index (χ1n) is 15.7. The van der Waals surface area contributed by atoms with Crippen LogP contribution < -0.4 is 10.6 Å². The molecule has 1 atom stereocenters. The Balaban J connectivity index is 0.950. The van der Waals surface area contributed by atoms with E-state index in [1.807, 2.05) is 12.3 Å². The Bertz CT molecular complexity index is 1700. The monoisotopic (exact) mass is 594 g/mol. The van der Waals surface area contributed by atoms with Gasteiger partial charge in [-0.1, -0.05) is 12.1 Å². The molecule has 2 aliphatic heterocycles. The highest BCUT2D eigenvalue weighted by molar-refractivity contribution is 6.25. The van der Waals surface area contributed by atoms with E-state index in [1.54, 1.807) is 18.2 Å². The highest BCUT2D eigenvalue weighted by Gasteiger charge is 2.46. The number of aliphatic hydroxyl groups is 1. The lowest BCUT2D eigenvalue weighted by Crippen LogP contribution is -2.54. The van der Waals surface area contributed by atoms with Crippen LogP contribution in [-0.4, -0.2) is 67.1 Å². The number of hydrogen-bond acceptors (Lipinski definition) is 8. The molecule has 11 nitrogen and oxygen atoms in total. The summed E-state index contributed by atoms with van der Waals surface area (Å²) in [6.07, 6.45) is 9.74. The van der Waals surface area contributed by atoms with Gasteiger partial charge >= 0.3 is 0 Å². The maximum Gasteiger partial charge on any atom is 0.264 e. The van der Waals surface area contributed by atoms with Crippen LogP contribution in [0.3, 0.4) is 0 Å². The molecule has 1 aromatic carbocycles. The number of benzene rings is 1. The summed E-state index contributed by atoms with van der Waals surface area (Å²) >= 11 is 0. The van der Waals surface area contributed by atoms with E-state index >= 15 is 0 Å². The van der Waals surface area contributed by atoms with Crippen molar-refractivity contribution in [3.8, 4) is 11.3 Å². The number of carbonyl (C=O) groups is 4. The quantitative estimate of drug-likeness (QED) is 0.336. The van der Waals surface area contributed by atoms with Gasteiger partial charge in [-0.25, -0.2) is 0 Å². The van der Waals surface area contributed by atoms with Gasteiger partial charge < -0.3 is 10.4 Å². The second-order valence-corrected chi connectivity index (χ2v) is 13.0. The van der Waals surface area contributed by atoms with Crippen molar-refractivity contribution in [1.82, 2.24) is 25.0 Å². The van der Waals surface area contributed by atoms with Crippen molar-refractivity contribution in [2.24, 2.45) is 5.92 Å². The smallest absolute Gasteiger partial charge is 0.264 e. The van der Waals surface area contributed by atoms with E-state index in [0.29, 0.717) is 30.0 Å². The van der Waals surface area contributed by atoms with Gasteiger partial charge in [0.25, 0.3) is 11.8 Å². The number of hydrogen-bond donors (Lipinski definition) is 3.